The van der Waals surface area contributed by atoms with Gasteiger partial charge in [0.05, 0.1) is 17.6 Å². The Bertz CT molecular complexity index is 714. The van der Waals surface area contributed by atoms with E-state index < -0.39 is 0 Å². The van der Waals surface area contributed by atoms with Gasteiger partial charge >= 0.3 is 0 Å². The summed E-state index contributed by atoms with van der Waals surface area (Å²) in [5.41, 5.74) is 1.93. The van der Waals surface area contributed by atoms with Gasteiger partial charge in [0, 0.05) is 16.5 Å². The summed E-state index contributed by atoms with van der Waals surface area (Å²) in [5, 5.41) is 0.236. The Hall–Kier alpha value is -1.01. The number of nitrogens with zero attached hydrogens (tertiary/aromatic N) is 2. The molecular formula is C19H25Br2FN2O. The molecule has 1 aromatic carbocycles. The van der Waals surface area contributed by atoms with Crippen LogP contribution in [0.3, 0.4) is 0 Å². The standard InChI is InChI=1S/C17H19Br2FN2O.C2H6/c1-3-5-16-21-14(4-2)17(15(23)9-18)22(16)10-11-6-7-12(19)8-13(11)20;1-2/h6-8H,3-5,9-10H2,1-2H3;1-2H3. The van der Waals surface area contributed by atoms with Gasteiger partial charge in [-0.05, 0) is 25.0 Å². The van der Waals surface area contributed by atoms with Gasteiger partial charge in [0.15, 0.2) is 5.78 Å². The molecule has 0 bridgehead atoms. The molecule has 0 aliphatic heterocycles. The van der Waals surface area contributed by atoms with Crippen molar-refractivity contribution in [1.82, 2.24) is 9.55 Å². The second-order valence-corrected chi connectivity index (χ2v) is 6.78. The Morgan fingerprint density at radius 2 is 1.96 bits per heavy atom. The number of hydrogen-bond donors (Lipinski definition) is 0. The summed E-state index contributed by atoms with van der Waals surface area (Å²) in [4.78, 5) is 17.0. The average molecular weight is 476 g/mol. The smallest absolute Gasteiger partial charge is 0.191 e. The number of ketones is 1. The number of carbonyl (C=O) groups excluding carboxylic acids is 1. The van der Waals surface area contributed by atoms with Gasteiger partial charge < -0.3 is 4.57 Å². The van der Waals surface area contributed by atoms with E-state index in [-0.39, 0.29) is 16.9 Å². The lowest BCUT2D eigenvalue weighted by atomic mass is 10.1. The number of benzene rings is 1. The molecule has 0 spiro atoms. The molecule has 0 radical (unpaired) electrons. The van der Waals surface area contributed by atoms with Crippen LogP contribution in [-0.2, 0) is 19.4 Å². The minimum absolute atomic E-state index is 0.0192. The fourth-order valence-corrected chi connectivity index (χ4v) is 3.18. The molecule has 1 heterocycles. The number of imidazole rings is 1. The van der Waals surface area contributed by atoms with Crippen LogP contribution in [0.15, 0.2) is 22.7 Å². The third kappa shape index (κ3) is 5.48. The Morgan fingerprint density at radius 3 is 2.48 bits per heavy atom. The van der Waals surface area contributed by atoms with Crippen LogP contribution < -0.4 is 0 Å². The number of aromatic nitrogens is 2. The van der Waals surface area contributed by atoms with Gasteiger partial charge in [0.1, 0.15) is 17.3 Å². The third-order valence-electron chi connectivity index (χ3n) is 3.66. The van der Waals surface area contributed by atoms with Crippen molar-refractivity contribution in [2.24, 2.45) is 0 Å². The highest BCUT2D eigenvalue weighted by molar-refractivity contribution is 9.10. The van der Waals surface area contributed by atoms with E-state index in [1.165, 1.54) is 6.07 Å². The summed E-state index contributed by atoms with van der Waals surface area (Å²) < 4.78 is 16.8. The lowest BCUT2D eigenvalue weighted by Crippen LogP contribution is -2.15. The molecule has 0 saturated carbocycles. The van der Waals surface area contributed by atoms with E-state index >= 15 is 0 Å². The predicted octanol–water partition coefficient (Wildman–Crippen LogP) is 5.95. The maximum atomic E-state index is 14.2. The first-order valence-electron chi connectivity index (χ1n) is 8.63. The number of rotatable bonds is 7. The lowest BCUT2D eigenvalue weighted by Gasteiger charge is -2.12. The van der Waals surface area contributed by atoms with Crippen molar-refractivity contribution in [1.29, 1.82) is 0 Å². The molecule has 0 amide bonds. The van der Waals surface area contributed by atoms with Crippen molar-refractivity contribution in [3.8, 4) is 0 Å². The quantitative estimate of drug-likeness (QED) is 0.366. The van der Waals surface area contributed by atoms with E-state index in [1.54, 1.807) is 6.07 Å². The molecule has 1 aromatic heterocycles. The number of hydrogen-bond acceptors (Lipinski definition) is 2. The van der Waals surface area contributed by atoms with Gasteiger partial charge in [0.25, 0.3) is 0 Å². The van der Waals surface area contributed by atoms with E-state index in [2.05, 4.69) is 43.8 Å². The molecule has 0 aliphatic rings. The maximum Gasteiger partial charge on any atom is 0.191 e. The van der Waals surface area contributed by atoms with Crippen molar-refractivity contribution in [3.63, 3.8) is 0 Å². The number of alkyl halides is 1. The molecule has 0 aliphatic carbocycles. The first-order valence-corrected chi connectivity index (χ1v) is 10.5. The van der Waals surface area contributed by atoms with Crippen LogP contribution in [0, 0.1) is 5.82 Å². The fraction of sp³-hybridized carbons (Fsp3) is 0.474. The summed E-state index contributed by atoms with van der Waals surface area (Å²) >= 11 is 6.50. The molecule has 0 fully saturated rings. The maximum absolute atomic E-state index is 14.2. The summed E-state index contributed by atoms with van der Waals surface area (Å²) in [6.07, 6.45) is 2.37. The number of carbonyl (C=O) groups is 1. The molecule has 3 nitrogen and oxygen atoms in total. The molecule has 138 valence electrons. The minimum atomic E-state index is -0.286. The minimum Gasteiger partial charge on any atom is -0.321 e. The van der Waals surface area contributed by atoms with Crippen LogP contribution in [0.1, 0.15) is 61.7 Å². The van der Waals surface area contributed by atoms with Crippen LogP contribution >= 0.6 is 31.9 Å². The van der Waals surface area contributed by atoms with Gasteiger partial charge in [-0.25, -0.2) is 9.37 Å². The molecule has 2 aromatic rings. The van der Waals surface area contributed by atoms with E-state index in [9.17, 15) is 9.18 Å². The van der Waals surface area contributed by atoms with Crippen molar-refractivity contribution in [2.45, 2.75) is 53.5 Å². The van der Waals surface area contributed by atoms with Gasteiger partial charge in [-0.1, -0.05) is 65.6 Å². The number of halogens is 3. The van der Waals surface area contributed by atoms with Crippen molar-refractivity contribution < 1.29 is 9.18 Å². The molecule has 0 N–H and O–H groups in total. The van der Waals surface area contributed by atoms with E-state index in [0.717, 1.165) is 24.4 Å². The van der Waals surface area contributed by atoms with Crippen LogP contribution in [0.4, 0.5) is 4.39 Å². The SMILES string of the molecule is CC.CCCc1nc(CC)c(C(=O)CBr)n1Cc1ccc(Br)cc1F. The van der Waals surface area contributed by atoms with Gasteiger partial charge in [-0.2, -0.15) is 0 Å². The van der Waals surface area contributed by atoms with E-state index in [1.807, 2.05) is 31.4 Å². The highest BCUT2D eigenvalue weighted by atomic mass is 79.9. The molecular weight excluding hydrogens is 451 g/mol. The van der Waals surface area contributed by atoms with Crippen molar-refractivity contribution >= 4 is 37.6 Å². The average Bonchev–Trinajstić information content (AvgIpc) is 2.96. The zero-order valence-corrected chi connectivity index (χ0v) is 18.4. The molecule has 2 rings (SSSR count). The summed E-state index contributed by atoms with van der Waals surface area (Å²) in [6, 6.07) is 4.99. The fourth-order valence-electron chi connectivity index (χ4n) is 2.58. The molecule has 0 saturated heterocycles. The Kier molecular flexibility index (Phi) is 9.57. The van der Waals surface area contributed by atoms with Gasteiger partial charge in [-0.3, -0.25) is 4.79 Å². The molecule has 6 heteroatoms. The summed E-state index contributed by atoms with van der Waals surface area (Å²) in [5.74, 6) is 0.538. The largest absolute Gasteiger partial charge is 0.321 e. The van der Waals surface area contributed by atoms with Crippen molar-refractivity contribution in [2.75, 3.05) is 5.33 Å². The molecule has 0 atom stereocenters. The lowest BCUT2D eigenvalue weighted by molar-refractivity contribution is 0.101. The van der Waals surface area contributed by atoms with Crippen LogP contribution in [0.5, 0.6) is 0 Å². The number of aryl methyl sites for hydroxylation is 2. The Labute approximate surface area is 166 Å². The molecule has 0 unspecified atom stereocenters. The third-order valence-corrected chi connectivity index (χ3v) is 4.66. The molecule has 25 heavy (non-hydrogen) atoms. The van der Waals surface area contributed by atoms with Crippen molar-refractivity contribution in [3.05, 3.63) is 51.3 Å². The predicted molar refractivity (Wildman–Crippen MR) is 108 cm³/mol. The van der Waals surface area contributed by atoms with Crippen LogP contribution in [-0.4, -0.2) is 20.7 Å². The Morgan fingerprint density at radius 1 is 1.28 bits per heavy atom. The second-order valence-electron chi connectivity index (χ2n) is 5.31. The summed E-state index contributed by atoms with van der Waals surface area (Å²) in [7, 11) is 0. The summed E-state index contributed by atoms with van der Waals surface area (Å²) in [6.45, 7) is 8.36. The topological polar surface area (TPSA) is 34.9 Å². The van der Waals surface area contributed by atoms with Crippen LogP contribution in [0.25, 0.3) is 0 Å². The second kappa shape index (κ2) is 10.9. The first-order chi connectivity index (χ1) is 12.0. The van der Waals surface area contributed by atoms with Gasteiger partial charge in [0.2, 0.25) is 0 Å². The monoisotopic (exact) mass is 474 g/mol. The van der Waals surface area contributed by atoms with E-state index in [4.69, 9.17) is 0 Å². The Balaban J connectivity index is 0.00000151. The zero-order valence-electron chi connectivity index (χ0n) is 15.2. The highest BCUT2D eigenvalue weighted by Crippen LogP contribution is 2.21. The van der Waals surface area contributed by atoms with Gasteiger partial charge in [-0.15, -0.1) is 0 Å². The number of Topliss-reactive ketones (excluding diaryl/α,β-unsaturated/α-hetero) is 1. The zero-order chi connectivity index (χ0) is 19.0. The normalized spacial score (nSPS) is 10.4. The first kappa shape index (κ1) is 22.0. The highest BCUT2D eigenvalue weighted by Gasteiger charge is 2.21. The van der Waals surface area contributed by atoms with E-state index in [0.29, 0.717) is 28.7 Å². The van der Waals surface area contributed by atoms with Crippen LogP contribution in [0.2, 0.25) is 0 Å².